The molecule has 0 saturated carbocycles. The van der Waals surface area contributed by atoms with E-state index in [1.807, 2.05) is 42.6 Å². The lowest BCUT2D eigenvalue weighted by molar-refractivity contribution is 0.0398. The summed E-state index contributed by atoms with van der Waals surface area (Å²) >= 11 is 0. The normalized spacial score (nSPS) is 16.4. The predicted molar refractivity (Wildman–Crippen MR) is 106 cm³/mol. The molecule has 0 amide bonds. The lowest BCUT2D eigenvalue weighted by atomic mass is 9.85. The van der Waals surface area contributed by atoms with E-state index >= 15 is 0 Å². The van der Waals surface area contributed by atoms with Crippen molar-refractivity contribution in [2.24, 2.45) is 0 Å². The van der Waals surface area contributed by atoms with Crippen molar-refractivity contribution in [2.45, 2.75) is 0 Å². The number of benzene rings is 2. The molecule has 0 bridgehead atoms. The van der Waals surface area contributed by atoms with Crippen LogP contribution in [0, 0.1) is 0 Å². The molecule has 5 nitrogen and oxygen atoms in total. The predicted octanol–water partition coefficient (Wildman–Crippen LogP) is 3.19. The first-order chi connectivity index (χ1) is 13.3. The number of carbonyl (C=O) groups is 1. The molecule has 1 saturated heterocycles. The standard InChI is InChI=1S/C22H21N3O2/c26-22-17-5-4-16(23-8-9-25-10-12-27-13-11-25)14-19(17)21-20-15(6-7-24-21)2-1-3-18(20)22/h1-7,14,23H,8-13H2. The van der Waals surface area contributed by atoms with Gasteiger partial charge in [-0.1, -0.05) is 18.2 Å². The summed E-state index contributed by atoms with van der Waals surface area (Å²) in [5.41, 5.74) is 4.31. The maximum Gasteiger partial charge on any atom is 0.194 e. The van der Waals surface area contributed by atoms with Crippen LogP contribution in [0.2, 0.25) is 0 Å². The number of carbonyl (C=O) groups excluding carboxylic acids is 1. The van der Waals surface area contributed by atoms with Crippen molar-refractivity contribution in [3.8, 4) is 11.3 Å². The van der Waals surface area contributed by atoms with Gasteiger partial charge in [0.1, 0.15) is 0 Å². The molecule has 0 unspecified atom stereocenters. The van der Waals surface area contributed by atoms with E-state index in [-0.39, 0.29) is 5.78 Å². The van der Waals surface area contributed by atoms with Crippen LogP contribution in [0.1, 0.15) is 15.9 Å². The van der Waals surface area contributed by atoms with E-state index in [4.69, 9.17) is 4.74 Å². The Morgan fingerprint density at radius 3 is 2.81 bits per heavy atom. The van der Waals surface area contributed by atoms with Gasteiger partial charge in [0.05, 0.1) is 18.9 Å². The Morgan fingerprint density at radius 1 is 1.04 bits per heavy atom. The molecule has 1 aliphatic heterocycles. The molecule has 27 heavy (non-hydrogen) atoms. The van der Waals surface area contributed by atoms with Gasteiger partial charge in [-0.15, -0.1) is 0 Å². The monoisotopic (exact) mass is 359 g/mol. The van der Waals surface area contributed by atoms with Crippen molar-refractivity contribution >= 4 is 22.2 Å². The van der Waals surface area contributed by atoms with Crippen molar-refractivity contribution in [3.05, 3.63) is 59.8 Å². The molecule has 2 aromatic carbocycles. The number of aromatic nitrogens is 1. The van der Waals surface area contributed by atoms with Crippen LogP contribution in [-0.4, -0.2) is 55.1 Å². The quantitative estimate of drug-likeness (QED) is 0.606. The topological polar surface area (TPSA) is 54.5 Å². The zero-order valence-corrected chi connectivity index (χ0v) is 15.1. The highest BCUT2D eigenvalue weighted by Crippen LogP contribution is 2.38. The second kappa shape index (κ2) is 6.76. The Bertz CT molecular complexity index is 1020. The number of fused-ring (bicyclic) bond motifs is 2. The Morgan fingerprint density at radius 2 is 1.93 bits per heavy atom. The van der Waals surface area contributed by atoms with Gasteiger partial charge in [0, 0.05) is 60.1 Å². The largest absolute Gasteiger partial charge is 0.384 e. The molecule has 3 aromatic rings. The van der Waals surface area contributed by atoms with E-state index in [2.05, 4.69) is 21.3 Å². The first-order valence-electron chi connectivity index (χ1n) is 9.42. The first kappa shape index (κ1) is 16.4. The molecule has 2 aliphatic rings. The van der Waals surface area contributed by atoms with Crippen LogP contribution in [0.4, 0.5) is 5.69 Å². The number of pyridine rings is 1. The lowest BCUT2D eigenvalue weighted by Gasteiger charge is -2.26. The zero-order valence-electron chi connectivity index (χ0n) is 15.1. The average Bonchev–Trinajstić information content (AvgIpc) is 2.72. The number of rotatable bonds is 4. The molecule has 0 radical (unpaired) electrons. The highest BCUT2D eigenvalue weighted by atomic mass is 16.5. The van der Waals surface area contributed by atoms with Gasteiger partial charge in [-0.25, -0.2) is 0 Å². The molecular weight excluding hydrogens is 338 g/mol. The molecule has 1 fully saturated rings. The number of hydrogen-bond acceptors (Lipinski definition) is 5. The van der Waals surface area contributed by atoms with E-state index in [0.717, 1.165) is 78.2 Å². The second-order valence-electron chi connectivity index (χ2n) is 7.03. The van der Waals surface area contributed by atoms with E-state index in [9.17, 15) is 4.79 Å². The molecule has 1 aromatic heterocycles. The summed E-state index contributed by atoms with van der Waals surface area (Å²) in [7, 11) is 0. The number of anilines is 1. The molecule has 5 heteroatoms. The fourth-order valence-electron chi connectivity index (χ4n) is 4.00. The second-order valence-corrected chi connectivity index (χ2v) is 7.03. The lowest BCUT2D eigenvalue weighted by Crippen LogP contribution is -2.39. The SMILES string of the molecule is O=C1c2ccc(NCCN3CCOCC3)cc2-c2nccc3cccc1c23. The van der Waals surface area contributed by atoms with Crippen LogP contribution in [0.5, 0.6) is 0 Å². The molecule has 0 spiro atoms. The van der Waals surface area contributed by atoms with Crippen molar-refractivity contribution in [1.82, 2.24) is 9.88 Å². The number of morpholine rings is 1. The van der Waals surface area contributed by atoms with Gasteiger partial charge in [0.2, 0.25) is 0 Å². The van der Waals surface area contributed by atoms with Crippen molar-refractivity contribution in [2.75, 3.05) is 44.7 Å². The first-order valence-corrected chi connectivity index (χ1v) is 9.42. The smallest absolute Gasteiger partial charge is 0.194 e. The maximum atomic E-state index is 13.0. The van der Waals surface area contributed by atoms with Gasteiger partial charge in [0.25, 0.3) is 0 Å². The van der Waals surface area contributed by atoms with Gasteiger partial charge in [-0.3, -0.25) is 14.7 Å². The fraction of sp³-hybridized carbons (Fsp3) is 0.273. The average molecular weight is 359 g/mol. The van der Waals surface area contributed by atoms with Crippen molar-refractivity contribution in [1.29, 1.82) is 0 Å². The molecular formula is C22H21N3O2. The van der Waals surface area contributed by atoms with Gasteiger partial charge < -0.3 is 10.1 Å². The molecule has 1 aliphatic carbocycles. The van der Waals surface area contributed by atoms with E-state index in [1.54, 1.807) is 0 Å². The van der Waals surface area contributed by atoms with Gasteiger partial charge in [-0.2, -0.15) is 0 Å². The summed E-state index contributed by atoms with van der Waals surface area (Å²) < 4.78 is 5.39. The molecule has 5 rings (SSSR count). The highest BCUT2D eigenvalue weighted by Gasteiger charge is 2.26. The fourth-order valence-corrected chi connectivity index (χ4v) is 4.00. The summed E-state index contributed by atoms with van der Waals surface area (Å²) in [6.45, 7) is 5.45. The molecule has 2 heterocycles. The molecule has 136 valence electrons. The summed E-state index contributed by atoms with van der Waals surface area (Å²) in [4.78, 5) is 20.0. The third-order valence-electron chi connectivity index (χ3n) is 5.42. The van der Waals surface area contributed by atoms with E-state index in [0.29, 0.717) is 0 Å². The van der Waals surface area contributed by atoms with Crippen molar-refractivity contribution in [3.63, 3.8) is 0 Å². The highest BCUT2D eigenvalue weighted by molar-refractivity contribution is 6.25. The van der Waals surface area contributed by atoms with E-state index < -0.39 is 0 Å². The zero-order chi connectivity index (χ0) is 18.2. The maximum absolute atomic E-state index is 13.0. The third kappa shape index (κ3) is 2.89. The van der Waals surface area contributed by atoms with Gasteiger partial charge >= 0.3 is 0 Å². The van der Waals surface area contributed by atoms with Crippen LogP contribution in [0.25, 0.3) is 22.0 Å². The Balaban J connectivity index is 1.44. The van der Waals surface area contributed by atoms with E-state index in [1.165, 1.54) is 0 Å². The Kier molecular flexibility index (Phi) is 4.11. The summed E-state index contributed by atoms with van der Waals surface area (Å²) in [6, 6.07) is 13.8. The number of nitrogens with zero attached hydrogens (tertiary/aromatic N) is 2. The Labute approximate surface area is 158 Å². The van der Waals surface area contributed by atoms with Crippen molar-refractivity contribution < 1.29 is 9.53 Å². The summed E-state index contributed by atoms with van der Waals surface area (Å²) in [6.07, 6.45) is 1.82. The molecule has 0 atom stereocenters. The Hall–Kier alpha value is -2.76. The van der Waals surface area contributed by atoms with Crippen LogP contribution in [-0.2, 0) is 4.74 Å². The van der Waals surface area contributed by atoms with Crippen LogP contribution in [0.15, 0.2) is 48.7 Å². The number of ketones is 1. The minimum Gasteiger partial charge on any atom is -0.384 e. The van der Waals surface area contributed by atoms with Crippen LogP contribution >= 0.6 is 0 Å². The number of nitrogens with one attached hydrogen (secondary N) is 1. The minimum atomic E-state index is 0.0796. The molecule has 1 N–H and O–H groups in total. The summed E-state index contributed by atoms with van der Waals surface area (Å²) in [5, 5.41) is 5.51. The van der Waals surface area contributed by atoms with Crippen LogP contribution < -0.4 is 5.32 Å². The number of ether oxygens (including phenoxy) is 1. The van der Waals surface area contributed by atoms with Gasteiger partial charge in [-0.05, 0) is 29.7 Å². The van der Waals surface area contributed by atoms with Gasteiger partial charge in [0.15, 0.2) is 5.78 Å². The minimum absolute atomic E-state index is 0.0796. The number of hydrogen-bond donors (Lipinski definition) is 1. The third-order valence-corrected chi connectivity index (χ3v) is 5.42. The summed E-state index contributed by atoms with van der Waals surface area (Å²) in [5.74, 6) is 0.0796. The van der Waals surface area contributed by atoms with Crippen LogP contribution in [0.3, 0.4) is 0 Å².